The number of aliphatic hydroxyl groups is 1. The summed E-state index contributed by atoms with van der Waals surface area (Å²) in [6.07, 6.45) is 5.91. The summed E-state index contributed by atoms with van der Waals surface area (Å²) in [4.78, 5) is 11.4. The number of ether oxygens (including phenoxy) is 1. The molecule has 0 radical (unpaired) electrons. The van der Waals surface area contributed by atoms with Crippen molar-refractivity contribution in [2.45, 2.75) is 32.8 Å². The van der Waals surface area contributed by atoms with E-state index in [1.165, 1.54) is 0 Å². The molecule has 0 aliphatic heterocycles. The van der Waals surface area contributed by atoms with Crippen LogP contribution in [0.3, 0.4) is 0 Å². The van der Waals surface area contributed by atoms with Crippen LogP contribution < -0.4 is 0 Å². The van der Waals surface area contributed by atoms with Gasteiger partial charge < -0.3 is 9.84 Å². The van der Waals surface area contributed by atoms with Gasteiger partial charge in [-0.3, -0.25) is 4.79 Å². The predicted octanol–water partition coefficient (Wildman–Crippen LogP) is 1.51. The summed E-state index contributed by atoms with van der Waals surface area (Å²) in [5, 5.41) is 8.79. The summed E-state index contributed by atoms with van der Waals surface area (Å²) < 4.78 is 5.31. The highest BCUT2D eigenvalue weighted by molar-refractivity contribution is 5.72. The van der Waals surface area contributed by atoms with Crippen LogP contribution >= 0.6 is 0 Å². The second-order valence-electron chi connectivity index (χ2n) is 3.98. The van der Waals surface area contributed by atoms with Gasteiger partial charge in [0, 0.05) is 6.42 Å². The zero-order chi connectivity index (χ0) is 10.6. The number of hydrogen-bond acceptors (Lipinski definition) is 3. The molecular formula is C11H18O3. The zero-order valence-electron chi connectivity index (χ0n) is 8.77. The van der Waals surface area contributed by atoms with Crippen molar-refractivity contribution in [2.24, 2.45) is 11.8 Å². The minimum atomic E-state index is -0.409. The van der Waals surface area contributed by atoms with Crippen molar-refractivity contribution in [3.05, 3.63) is 12.2 Å². The fraction of sp³-hybridized carbons (Fsp3) is 0.727. The normalized spacial score (nSPS) is 28.5. The molecule has 0 spiro atoms. The molecule has 3 atom stereocenters. The van der Waals surface area contributed by atoms with E-state index >= 15 is 0 Å². The van der Waals surface area contributed by atoms with E-state index in [9.17, 15) is 4.79 Å². The van der Waals surface area contributed by atoms with Crippen molar-refractivity contribution in [2.75, 3.05) is 6.61 Å². The van der Waals surface area contributed by atoms with Gasteiger partial charge in [-0.25, -0.2) is 0 Å². The molecule has 1 aliphatic carbocycles. The summed E-state index contributed by atoms with van der Waals surface area (Å²) in [7, 11) is 0. The minimum Gasteiger partial charge on any atom is -0.461 e. The Hall–Kier alpha value is -0.830. The molecule has 3 nitrogen and oxygen atoms in total. The van der Waals surface area contributed by atoms with Crippen LogP contribution in [0.5, 0.6) is 0 Å². The van der Waals surface area contributed by atoms with Crippen LogP contribution in [-0.2, 0) is 9.53 Å². The van der Waals surface area contributed by atoms with Gasteiger partial charge in [0.15, 0.2) is 0 Å². The number of aliphatic hydroxyl groups excluding tert-OH is 1. The molecule has 0 aromatic rings. The molecule has 0 saturated carbocycles. The third-order valence-electron chi connectivity index (χ3n) is 2.62. The van der Waals surface area contributed by atoms with Gasteiger partial charge in [0.25, 0.3) is 0 Å². The molecule has 0 bridgehead atoms. The second-order valence-corrected chi connectivity index (χ2v) is 3.98. The SMILES string of the molecule is CC(CO)C(=O)OC1CC=CCC1C. The van der Waals surface area contributed by atoms with Crippen LogP contribution in [0.2, 0.25) is 0 Å². The molecular weight excluding hydrogens is 180 g/mol. The zero-order valence-corrected chi connectivity index (χ0v) is 8.77. The standard InChI is InChI=1S/C11H18O3/c1-8-5-3-4-6-10(8)14-11(13)9(2)7-12/h3-4,8-10,12H,5-7H2,1-2H3. The van der Waals surface area contributed by atoms with E-state index in [0.29, 0.717) is 5.92 Å². The maximum atomic E-state index is 11.4. The molecule has 3 unspecified atom stereocenters. The van der Waals surface area contributed by atoms with Crippen LogP contribution in [-0.4, -0.2) is 23.8 Å². The molecule has 1 rings (SSSR count). The van der Waals surface area contributed by atoms with Crippen molar-refractivity contribution in [1.82, 2.24) is 0 Å². The molecule has 0 heterocycles. The molecule has 3 heteroatoms. The molecule has 0 aromatic carbocycles. The molecule has 1 aliphatic rings. The number of esters is 1. The molecule has 0 fully saturated rings. The lowest BCUT2D eigenvalue weighted by atomic mass is 9.93. The van der Waals surface area contributed by atoms with Gasteiger partial charge in [0.05, 0.1) is 12.5 Å². The van der Waals surface area contributed by atoms with Crippen molar-refractivity contribution in [3.8, 4) is 0 Å². The quantitative estimate of drug-likeness (QED) is 0.552. The summed E-state index contributed by atoms with van der Waals surface area (Å²) in [5.41, 5.74) is 0. The molecule has 1 N–H and O–H groups in total. The van der Waals surface area contributed by atoms with Crippen LogP contribution in [0.4, 0.5) is 0 Å². The Kier molecular flexibility index (Phi) is 4.14. The van der Waals surface area contributed by atoms with E-state index in [2.05, 4.69) is 13.0 Å². The lowest BCUT2D eigenvalue weighted by Gasteiger charge is -2.26. The Morgan fingerprint density at radius 3 is 2.79 bits per heavy atom. The third kappa shape index (κ3) is 2.84. The summed E-state index contributed by atoms with van der Waals surface area (Å²) in [6.45, 7) is 3.60. The molecule has 0 amide bonds. The predicted molar refractivity (Wildman–Crippen MR) is 53.7 cm³/mol. The first-order valence-corrected chi connectivity index (χ1v) is 5.11. The highest BCUT2D eigenvalue weighted by Gasteiger charge is 2.24. The fourth-order valence-corrected chi connectivity index (χ4v) is 1.43. The van der Waals surface area contributed by atoms with Crippen molar-refractivity contribution in [1.29, 1.82) is 0 Å². The first kappa shape index (κ1) is 11.2. The fourth-order valence-electron chi connectivity index (χ4n) is 1.43. The summed E-state index contributed by atoms with van der Waals surface area (Å²) in [6, 6.07) is 0. The molecule has 0 saturated heterocycles. The maximum absolute atomic E-state index is 11.4. The number of carbonyl (C=O) groups excluding carboxylic acids is 1. The Balaban J connectivity index is 2.43. The van der Waals surface area contributed by atoms with Crippen LogP contribution in [0, 0.1) is 11.8 Å². The number of hydrogen-bond donors (Lipinski definition) is 1. The highest BCUT2D eigenvalue weighted by Crippen LogP contribution is 2.22. The monoisotopic (exact) mass is 198 g/mol. The van der Waals surface area contributed by atoms with Gasteiger partial charge in [-0.2, -0.15) is 0 Å². The Morgan fingerprint density at radius 2 is 2.21 bits per heavy atom. The molecule has 0 aromatic heterocycles. The largest absolute Gasteiger partial charge is 0.461 e. The van der Waals surface area contributed by atoms with E-state index in [1.807, 2.05) is 6.08 Å². The van der Waals surface area contributed by atoms with E-state index in [1.54, 1.807) is 6.92 Å². The summed E-state index contributed by atoms with van der Waals surface area (Å²) >= 11 is 0. The lowest BCUT2D eigenvalue weighted by Crippen LogP contribution is -2.30. The van der Waals surface area contributed by atoms with E-state index in [-0.39, 0.29) is 18.7 Å². The van der Waals surface area contributed by atoms with E-state index < -0.39 is 5.92 Å². The first-order chi connectivity index (χ1) is 6.65. The number of rotatable bonds is 3. The maximum Gasteiger partial charge on any atom is 0.311 e. The second kappa shape index (κ2) is 5.15. The highest BCUT2D eigenvalue weighted by atomic mass is 16.5. The average molecular weight is 198 g/mol. The van der Waals surface area contributed by atoms with Crippen LogP contribution in [0.1, 0.15) is 26.7 Å². The van der Waals surface area contributed by atoms with Crippen LogP contribution in [0.15, 0.2) is 12.2 Å². The third-order valence-corrected chi connectivity index (χ3v) is 2.62. The number of carbonyl (C=O) groups is 1. The Morgan fingerprint density at radius 1 is 1.57 bits per heavy atom. The van der Waals surface area contributed by atoms with Gasteiger partial charge in [0.2, 0.25) is 0 Å². The van der Waals surface area contributed by atoms with Crippen molar-refractivity contribution < 1.29 is 14.6 Å². The van der Waals surface area contributed by atoms with Crippen molar-refractivity contribution in [3.63, 3.8) is 0 Å². The van der Waals surface area contributed by atoms with Crippen molar-refractivity contribution >= 4 is 5.97 Å². The van der Waals surface area contributed by atoms with Gasteiger partial charge in [-0.15, -0.1) is 0 Å². The van der Waals surface area contributed by atoms with Gasteiger partial charge >= 0.3 is 5.97 Å². The first-order valence-electron chi connectivity index (χ1n) is 5.11. The molecule has 14 heavy (non-hydrogen) atoms. The topological polar surface area (TPSA) is 46.5 Å². The number of allylic oxidation sites excluding steroid dienone is 1. The smallest absolute Gasteiger partial charge is 0.311 e. The molecule has 80 valence electrons. The van der Waals surface area contributed by atoms with E-state index in [4.69, 9.17) is 9.84 Å². The summed E-state index contributed by atoms with van der Waals surface area (Å²) in [5.74, 6) is -0.317. The Labute approximate surface area is 84.8 Å². The van der Waals surface area contributed by atoms with Gasteiger partial charge in [-0.1, -0.05) is 19.1 Å². The van der Waals surface area contributed by atoms with E-state index in [0.717, 1.165) is 12.8 Å². The van der Waals surface area contributed by atoms with Gasteiger partial charge in [0.1, 0.15) is 6.10 Å². The van der Waals surface area contributed by atoms with Crippen LogP contribution in [0.25, 0.3) is 0 Å². The minimum absolute atomic E-state index is 0.0125. The average Bonchev–Trinajstić information content (AvgIpc) is 2.20. The van der Waals surface area contributed by atoms with Gasteiger partial charge in [-0.05, 0) is 19.3 Å². The lowest BCUT2D eigenvalue weighted by molar-refractivity contribution is -0.157. The Bertz CT molecular complexity index is 223.